The van der Waals surface area contributed by atoms with Crippen LogP contribution in [0.2, 0.25) is 0 Å². The number of nitrogens with one attached hydrogen (secondary N) is 1. The predicted molar refractivity (Wildman–Crippen MR) is 63.7 cm³/mol. The maximum absolute atomic E-state index is 4.07. The Morgan fingerprint density at radius 3 is 2.73 bits per heavy atom. The molecule has 0 aromatic carbocycles. The standard InChI is InChI=1S/C12H23N3/c1-3-5-6-7-8-14-12(4-2)15-10-9-13-11-15/h9-12,14H,3-8H2,1-2H3. The molecule has 0 bridgehead atoms. The van der Waals surface area contributed by atoms with Crippen LogP contribution in [0.25, 0.3) is 0 Å². The largest absolute Gasteiger partial charge is 0.321 e. The van der Waals surface area contributed by atoms with Gasteiger partial charge in [-0.05, 0) is 19.4 Å². The Labute approximate surface area is 92.9 Å². The Morgan fingerprint density at radius 1 is 1.27 bits per heavy atom. The van der Waals surface area contributed by atoms with Gasteiger partial charge < -0.3 is 4.57 Å². The summed E-state index contributed by atoms with van der Waals surface area (Å²) in [4.78, 5) is 4.07. The Hall–Kier alpha value is -0.830. The number of hydrogen-bond acceptors (Lipinski definition) is 2. The topological polar surface area (TPSA) is 29.9 Å². The number of imidazole rings is 1. The van der Waals surface area contributed by atoms with Gasteiger partial charge in [0, 0.05) is 12.4 Å². The SMILES string of the molecule is CCCCCCNC(CC)n1ccnc1. The van der Waals surface area contributed by atoms with Crippen molar-refractivity contribution in [1.29, 1.82) is 0 Å². The van der Waals surface area contributed by atoms with Crippen molar-refractivity contribution in [2.24, 2.45) is 0 Å². The normalized spacial score (nSPS) is 12.9. The molecule has 1 rings (SSSR count). The third-order valence-electron chi connectivity index (χ3n) is 2.68. The van der Waals surface area contributed by atoms with E-state index in [4.69, 9.17) is 0 Å². The molecule has 0 spiro atoms. The van der Waals surface area contributed by atoms with E-state index in [2.05, 4.69) is 28.7 Å². The number of nitrogens with zero attached hydrogens (tertiary/aromatic N) is 2. The fourth-order valence-corrected chi connectivity index (χ4v) is 1.73. The van der Waals surface area contributed by atoms with Crippen molar-refractivity contribution in [3.63, 3.8) is 0 Å². The van der Waals surface area contributed by atoms with E-state index in [0.29, 0.717) is 6.17 Å². The highest BCUT2D eigenvalue weighted by atomic mass is 15.2. The van der Waals surface area contributed by atoms with Crippen LogP contribution in [0.4, 0.5) is 0 Å². The summed E-state index contributed by atoms with van der Waals surface area (Å²) in [5, 5.41) is 3.55. The van der Waals surface area contributed by atoms with Crippen molar-refractivity contribution >= 4 is 0 Å². The van der Waals surface area contributed by atoms with E-state index in [1.54, 1.807) is 0 Å². The first-order chi connectivity index (χ1) is 7.38. The Morgan fingerprint density at radius 2 is 2.13 bits per heavy atom. The molecular weight excluding hydrogens is 186 g/mol. The molecule has 15 heavy (non-hydrogen) atoms. The molecule has 0 aliphatic heterocycles. The average molecular weight is 209 g/mol. The summed E-state index contributed by atoms with van der Waals surface area (Å²) in [5.74, 6) is 0. The molecule has 0 amide bonds. The minimum Gasteiger partial charge on any atom is -0.321 e. The van der Waals surface area contributed by atoms with Crippen LogP contribution < -0.4 is 5.32 Å². The van der Waals surface area contributed by atoms with E-state index in [1.807, 2.05) is 18.7 Å². The van der Waals surface area contributed by atoms with Gasteiger partial charge >= 0.3 is 0 Å². The average Bonchev–Trinajstić information content (AvgIpc) is 2.77. The summed E-state index contributed by atoms with van der Waals surface area (Å²) in [6, 6.07) is 0. The fraction of sp³-hybridized carbons (Fsp3) is 0.750. The Bertz CT molecular complexity index is 231. The van der Waals surface area contributed by atoms with Crippen LogP contribution in [-0.4, -0.2) is 16.1 Å². The molecule has 3 heteroatoms. The molecule has 1 N–H and O–H groups in total. The molecule has 0 radical (unpaired) electrons. The quantitative estimate of drug-likeness (QED) is 0.667. The molecule has 1 aromatic heterocycles. The molecule has 0 aliphatic rings. The van der Waals surface area contributed by atoms with E-state index < -0.39 is 0 Å². The summed E-state index contributed by atoms with van der Waals surface area (Å²) in [6.45, 7) is 5.55. The van der Waals surface area contributed by atoms with Crippen LogP contribution in [-0.2, 0) is 0 Å². The summed E-state index contributed by atoms with van der Waals surface area (Å²) < 4.78 is 2.14. The van der Waals surface area contributed by atoms with Gasteiger partial charge in [-0.1, -0.05) is 33.1 Å². The van der Waals surface area contributed by atoms with Crippen molar-refractivity contribution in [1.82, 2.24) is 14.9 Å². The van der Waals surface area contributed by atoms with Gasteiger partial charge in [0.1, 0.15) is 0 Å². The van der Waals surface area contributed by atoms with Crippen LogP contribution in [0.5, 0.6) is 0 Å². The van der Waals surface area contributed by atoms with Crippen LogP contribution >= 0.6 is 0 Å². The minimum atomic E-state index is 0.411. The van der Waals surface area contributed by atoms with Gasteiger partial charge in [0.05, 0.1) is 12.5 Å². The van der Waals surface area contributed by atoms with Gasteiger partial charge in [0.2, 0.25) is 0 Å². The molecule has 1 heterocycles. The summed E-state index contributed by atoms with van der Waals surface area (Å²) >= 11 is 0. The molecule has 3 nitrogen and oxygen atoms in total. The van der Waals surface area contributed by atoms with E-state index in [9.17, 15) is 0 Å². The fourth-order valence-electron chi connectivity index (χ4n) is 1.73. The van der Waals surface area contributed by atoms with Crippen molar-refractivity contribution in [2.75, 3.05) is 6.54 Å². The van der Waals surface area contributed by atoms with Crippen molar-refractivity contribution in [2.45, 2.75) is 52.1 Å². The molecule has 0 fully saturated rings. The van der Waals surface area contributed by atoms with E-state index in [-0.39, 0.29) is 0 Å². The van der Waals surface area contributed by atoms with Gasteiger partial charge in [-0.3, -0.25) is 5.32 Å². The van der Waals surface area contributed by atoms with Gasteiger partial charge in [-0.15, -0.1) is 0 Å². The van der Waals surface area contributed by atoms with Crippen molar-refractivity contribution in [3.8, 4) is 0 Å². The first-order valence-corrected chi connectivity index (χ1v) is 6.09. The summed E-state index contributed by atoms with van der Waals surface area (Å²) in [7, 11) is 0. The lowest BCUT2D eigenvalue weighted by molar-refractivity contribution is 0.385. The van der Waals surface area contributed by atoms with E-state index in [0.717, 1.165) is 13.0 Å². The molecule has 0 saturated heterocycles. The first kappa shape index (κ1) is 12.2. The van der Waals surface area contributed by atoms with Gasteiger partial charge in [0.25, 0.3) is 0 Å². The number of aromatic nitrogens is 2. The molecule has 0 saturated carbocycles. The summed E-state index contributed by atoms with van der Waals surface area (Å²) in [6.07, 6.45) is 12.5. The minimum absolute atomic E-state index is 0.411. The van der Waals surface area contributed by atoms with Crippen LogP contribution in [0, 0.1) is 0 Å². The summed E-state index contributed by atoms with van der Waals surface area (Å²) in [5.41, 5.74) is 0. The highest BCUT2D eigenvalue weighted by Crippen LogP contribution is 2.06. The molecule has 1 atom stereocenters. The molecule has 1 unspecified atom stereocenters. The lowest BCUT2D eigenvalue weighted by Crippen LogP contribution is -2.26. The molecule has 86 valence electrons. The molecule has 1 aromatic rings. The second-order valence-electron chi connectivity index (χ2n) is 3.95. The van der Waals surface area contributed by atoms with Crippen molar-refractivity contribution < 1.29 is 0 Å². The first-order valence-electron chi connectivity index (χ1n) is 6.09. The third kappa shape index (κ3) is 4.47. The number of unbranched alkanes of at least 4 members (excludes halogenated alkanes) is 3. The van der Waals surface area contributed by atoms with Gasteiger partial charge in [-0.25, -0.2) is 4.98 Å². The maximum Gasteiger partial charge on any atom is 0.0959 e. The zero-order valence-corrected chi connectivity index (χ0v) is 9.95. The Balaban J connectivity index is 2.18. The smallest absolute Gasteiger partial charge is 0.0959 e. The number of rotatable bonds is 8. The van der Waals surface area contributed by atoms with Gasteiger partial charge in [-0.2, -0.15) is 0 Å². The zero-order chi connectivity index (χ0) is 10.9. The predicted octanol–water partition coefficient (Wildman–Crippen LogP) is 2.96. The third-order valence-corrected chi connectivity index (χ3v) is 2.68. The monoisotopic (exact) mass is 209 g/mol. The highest BCUT2D eigenvalue weighted by Gasteiger charge is 2.05. The second-order valence-corrected chi connectivity index (χ2v) is 3.95. The zero-order valence-electron chi connectivity index (χ0n) is 9.95. The van der Waals surface area contributed by atoms with Gasteiger partial charge in [0.15, 0.2) is 0 Å². The van der Waals surface area contributed by atoms with Crippen LogP contribution in [0.1, 0.15) is 52.1 Å². The number of hydrogen-bond donors (Lipinski definition) is 1. The van der Waals surface area contributed by atoms with Crippen molar-refractivity contribution in [3.05, 3.63) is 18.7 Å². The van der Waals surface area contributed by atoms with Crippen LogP contribution in [0.15, 0.2) is 18.7 Å². The lowest BCUT2D eigenvalue weighted by Gasteiger charge is -2.18. The molecular formula is C12H23N3. The highest BCUT2D eigenvalue weighted by molar-refractivity contribution is 4.78. The Kier molecular flexibility index (Phi) is 6.09. The van der Waals surface area contributed by atoms with E-state index in [1.165, 1.54) is 25.7 Å². The molecule has 0 aliphatic carbocycles. The van der Waals surface area contributed by atoms with Crippen LogP contribution in [0.3, 0.4) is 0 Å². The van der Waals surface area contributed by atoms with E-state index >= 15 is 0 Å². The maximum atomic E-state index is 4.07. The second kappa shape index (κ2) is 7.46. The lowest BCUT2D eigenvalue weighted by atomic mass is 10.2.